The van der Waals surface area contributed by atoms with Gasteiger partial charge in [0.1, 0.15) is 17.5 Å². The number of nitrogens with zero attached hydrogens (tertiary/aromatic N) is 1. The smallest absolute Gasteiger partial charge is 0.142 e. The molecule has 0 aliphatic carbocycles. The van der Waals surface area contributed by atoms with Crippen LogP contribution in [-0.2, 0) is 9.47 Å². The Hall–Kier alpha value is -2.30. The summed E-state index contributed by atoms with van der Waals surface area (Å²) in [4.78, 5) is 8.29. The lowest BCUT2D eigenvalue weighted by Crippen LogP contribution is -2.25. The fourth-order valence-corrected chi connectivity index (χ4v) is 3.74. The van der Waals surface area contributed by atoms with E-state index in [1.165, 1.54) is 0 Å². The summed E-state index contributed by atoms with van der Waals surface area (Å²) in [5.74, 6) is 0.546. The average molecular weight is 413 g/mol. The second-order valence-corrected chi connectivity index (χ2v) is 8.81. The molecule has 2 aromatic heterocycles. The fourth-order valence-electron chi connectivity index (χ4n) is 3.62. The Balaban J connectivity index is 2.42. The third kappa shape index (κ3) is 4.19. The van der Waals surface area contributed by atoms with Crippen LogP contribution in [0, 0.1) is 20.8 Å². The van der Waals surface area contributed by atoms with Crippen LogP contribution in [0.5, 0.6) is 0 Å². The standard InChI is InChI=1S/C24H29ClN2O2/c1-13-14(2)26-23-19(13)21(17-9-11-18(25)12-10-17)20(15(3)27-23)22(16(4)28-8)29-24(5,6)7/h9-12,22H,4H2,1-3,5-8H3,(H,26,27)/t22-/m1/s1. The predicted molar refractivity (Wildman–Crippen MR) is 120 cm³/mol. The molecule has 0 bridgehead atoms. The lowest BCUT2D eigenvalue weighted by atomic mass is 9.90. The number of pyridine rings is 1. The molecule has 2 heterocycles. The van der Waals surface area contributed by atoms with Crippen molar-refractivity contribution in [3.05, 3.63) is 64.1 Å². The normalized spacial score (nSPS) is 13.0. The van der Waals surface area contributed by atoms with Crippen LogP contribution in [0.2, 0.25) is 5.02 Å². The number of aryl methyl sites for hydroxylation is 3. The fraction of sp³-hybridized carbons (Fsp3) is 0.375. The van der Waals surface area contributed by atoms with Crippen molar-refractivity contribution in [2.24, 2.45) is 0 Å². The van der Waals surface area contributed by atoms with E-state index in [0.717, 1.165) is 44.7 Å². The van der Waals surface area contributed by atoms with Crippen molar-refractivity contribution < 1.29 is 9.47 Å². The molecule has 0 aliphatic heterocycles. The molecule has 0 radical (unpaired) electrons. The Morgan fingerprint density at radius 3 is 2.31 bits per heavy atom. The Morgan fingerprint density at radius 1 is 1.14 bits per heavy atom. The van der Waals surface area contributed by atoms with Crippen molar-refractivity contribution in [1.82, 2.24) is 9.97 Å². The number of hydrogen-bond acceptors (Lipinski definition) is 3. The van der Waals surface area contributed by atoms with Gasteiger partial charge in [-0.2, -0.15) is 0 Å². The molecule has 0 saturated carbocycles. The van der Waals surface area contributed by atoms with Gasteiger partial charge in [0, 0.05) is 32.9 Å². The zero-order valence-corrected chi connectivity index (χ0v) is 19.0. The molecule has 3 rings (SSSR count). The van der Waals surface area contributed by atoms with Crippen molar-refractivity contribution in [2.75, 3.05) is 7.11 Å². The van der Waals surface area contributed by atoms with Crippen molar-refractivity contribution in [3.8, 4) is 11.1 Å². The topological polar surface area (TPSA) is 47.1 Å². The maximum Gasteiger partial charge on any atom is 0.142 e. The molecule has 0 amide bonds. The van der Waals surface area contributed by atoms with Crippen LogP contribution in [0.1, 0.15) is 49.4 Å². The van der Waals surface area contributed by atoms with E-state index in [0.29, 0.717) is 10.8 Å². The lowest BCUT2D eigenvalue weighted by Gasteiger charge is -2.31. The van der Waals surface area contributed by atoms with Crippen LogP contribution >= 0.6 is 11.6 Å². The van der Waals surface area contributed by atoms with Gasteiger partial charge in [-0.1, -0.05) is 30.3 Å². The van der Waals surface area contributed by atoms with Gasteiger partial charge >= 0.3 is 0 Å². The molecule has 0 saturated heterocycles. The number of aromatic nitrogens is 2. The number of hydrogen-bond donors (Lipinski definition) is 1. The van der Waals surface area contributed by atoms with Crippen LogP contribution in [0.4, 0.5) is 0 Å². The van der Waals surface area contributed by atoms with E-state index >= 15 is 0 Å². The molecular formula is C24H29ClN2O2. The summed E-state index contributed by atoms with van der Waals surface area (Å²) in [5, 5.41) is 1.78. The van der Waals surface area contributed by atoms with Gasteiger partial charge in [0.2, 0.25) is 0 Å². The van der Waals surface area contributed by atoms with E-state index in [1.807, 2.05) is 52.0 Å². The Bertz CT molecular complexity index is 1060. The van der Waals surface area contributed by atoms with Crippen LogP contribution < -0.4 is 0 Å². The zero-order valence-electron chi connectivity index (χ0n) is 18.2. The molecule has 5 heteroatoms. The van der Waals surface area contributed by atoms with Gasteiger partial charge in [-0.25, -0.2) is 4.98 Å². The van der Waals surface area contributed by atoms with Gasteiger partial charge in [0.05, 0.1) is 12.7 Å². The van der Waals surface area contributed by atoms with Gasteiger partial charge in [-0.3, -0.25) is 0 Å². The summed E-state index contributed by atoms with van der Waals surface area (Å²) in [6, 6.07) is 7.88. The van der Waals surface area contributed by atoms with E-state index in [4.69, 9.17) is 26.1 Å². The molecule has 0 spiro atoms. The zero-order chi connectivity index (χ0) is 21.5. The number of methoxy groups -OCH3 is 1. The van der Waals surface area contributed by atoms with Gasteiger partial charge in [0.15, 0.2) is 0 Å². The highest BCUT2D eigenvalue weighted by molar-refractivity contribution is 6.30. The number of rotatable bonds is 5. The first kappa shape index (κ1) is 21.4. The maximum absolute atomic E-state index is 6.44. The molecule has 29 heavy (non-hydrogen) atoms. The van der Waals surface area contributed by atoms with Crippen molar-refractivity contribution >= 4 is 22.6 Å². The number of nitrogens with one attached hydrogen (secondary N) is 1. The summed E-state index contributed by atoms with van der Waals surface area (Å²) >= 11 is 6.17. The van der Waals surface area contributed by atoms with Crippen molar-refractivity contribution in [3.63, 3.8) is 0 Å². The number of benzene rings is 1. The Kier molecular flexibility index (Phi) is 5.79. The third-order valence-electron chi connectivity index (χ3n) is 5.09. The highest BCUT2D eigenvalue weighted by Gasteiger charge is 2.30. The monoisotopic (exact) mass is 412 g/mol. The van der Waals surface area contributed by atoms with E-state index in [-0.39, 0.29) is 0 Å². The second kappa shape index (κ2) is 7.85. The van der Waals surface area contributed by atoms with Gasteiger partial charge in [-0.15, -0.1) is 0 Å². The summed E-state index contributed by atoms with van der Waals surface area (Å²) in [7, 11) is 1.62. The van der Waals surface area contributed by atoms with E-state index < -0.39 is 11.7 Å². The van der Waals surface area contributed by atoms with Gasteiger partial charge in [-0.05, 0) is 64.8 Å². The second-order valence-electron chi connectivity index (χ2n) is 8.37. The van der Waals surface area contributed by atoms with Crippen molar-refractivity contribution in [2.45, 2.75) is 53.2 Å². The van der Waals surface area contributed by atoms with Crippen LogP contribution in [-0.4, -0.2) is 22.7 Å². The van der Waals surface area contributed by atoms with Crippen molar-refractivity contribution in [1.29, 1.82) is 0 Å². The minimum atomic E-state index is -0.461. The van der Waals surface area contributed by atoms with Crippen LogP contribution in [0.3, 0.4) is 0 Å². The number of aromatic amines is 1. The van der Waals surface area contributed by atoms with E-state index in [1.54, 1.807) is 7.11 Å². The number of halogens is 1. The summed E-state index contributed by atoms with van der Waals surface area (Å²) in [5.41, 5.74) is 6.68. The van der Waals surface area contributed by atoms with E-state index in [9.17, 15) is 0 Å². The van der Waals surface area contributed by atoms with Crippen LogP contribution in [0.15, 0.2) is 36.6 Å². The molecule has 0 unspecified atom stereocenters. The van der Waals surface area contributed by atoms with Gasteiger partial charge in [0.25, 0.3) is 0 Å². The van der Waals surface area contributed by atoms with E-state index in [2.05, 4.69) is 25.4 Å². The maximum atomic E-state index is 6.44. The summed E-state index contributed by atoms with van der Waals surface area (Å²) < 4.78 is 12.0. The lowest BCUT2D eigenvalue weighted by molar-refractivity contribution is -0.0633. The number of H-pyrrole nitrogens is 1. The molecule has 1 N–H and O–H groups in total. The molecular weight excluding hydrogens is 384 g/mol. The average Bonchev–Trinajstić information content (AvgIpc) is 2.92. The van der Waals surface area contributed by atoms with Gasteiger partial charge < -0.3 is 14.5 Å². The minimum absolute atomic E-state index is 0.395. The predicted octanol–water partition coefficient (Wildman–Crippen LogP) is 6.82. The third-order valence-corrected chi connectivity index (χ3v) is 5.34. The molecule has 3 aromatic rings. The highest BCUT2D eigenvalue weighted by atomic mass is 35.5. The number of fused-ring (bicyclic) bond motifs is 1. The highest BCUT2D eigenvalue weighted by Crippen LogP contribution is 2.43. The summed E-state index contributed by atoms with van der Waals surface area (Å²) in [6.07, 6.45) is -0.461. The molecule has 0 aliphatic rings. The molecule has 1 atom stereocenters. The molecule has 0 fully saturated rings. The Labute approximate surface area is 177 Å². The van der Waals surface area contributed by atoms with Crippen LogP contribution in [0.25, 0.3) is 22.2 Å². The SMILES string of the molecule is C=C(OC)[C@@H](OC(C)(C)C)c1c(C)nc2[nH]c(C)c(C)c2c1-c1ccc(Cl)cc1. The number of ether oxygens (including phenoxy) is 2. The first-order valence-corrected chi connectivity index (χ1v) is 10.1. The summed E-state index contributed by atoms with van der Waals surface area (Å²) in [6.45, 7) is 16.4. The molecule has 1 aromatic carbocycles. The molecule has 154 valence electrons. The molecule has 4 nitrogen and oxygen atoms in total. The minimum Gasteiger partial charge on any atom is -0.499 e. The largest absolute Gasteiger partial charge is 0.499 e. The Morgan fingerprint density at radius 2 is 1.76 bits per heavy atom. The first-order valence-electron chi connectivity index (χ1n) is 9.69. The first-order chi connectivity index (χ1) is 13.5. The quantitative estimate of drug-likeness (QED) is 0.467.